The lowest BCUT2D eigenvalue weighted by molar-refractivity contribution is 0.0987. The van der Waals surface area contributed by atoms with Crippen molar-refractivity contribution in [2.45, 2.75) is 13.3 Å². The van der Waals surface area contributed by atoms with Crippen molar-refractivity contribution in [3.05, 3.63) is 30.1 Å². The standard InChI is InChI=1S/C9H12N2O/c1-4-5-9(12)8-6-7(2)10-11(8)3/h4,6H,1,5H2,2-3H3. The van der Waals surface area contributed by atoms with Gasteiger partial charge in [0.15, 0.2) is 5.78 Å². The average Bonchev–Trinajstić information content (AvgIpc) is 2.30. The molecule has 1 heterocycles. The number of carbonyl (C=O) groups excluding carboxylic acids is 1. The van der Waals surface area contributed by atoms with E-state index in [0.29, 0.717) is 12.1 Å². The third-order valence-corrected chi connectivity index (χ3v) is 1.62. The summed E-state index contributed by atoms with van der Waals surface area (Å²) in [5.41, 5.74) is 1.51. The van der Waals surface area contributed by atoms with E-state index in [1.165, 1.54) is 0 Å². The number of Topliss-reactive ketones (excluding diaryl/α,β-unsaturated/α-hetero) is 1. The summed E-state index contributed by atoms with van der Waals surface area (Å²) in [5.74, 6) is 0.0631. The van der Waals surface area contributed by atoms with Crippen LogP contribution in [0.1, 0.15) is 22.6 Å². The molecule has 0 radical (unpaired) electrons. The van der Waals surface area contributed by atoms with E-state index in [2.05, 4.69) is 11.7 Å². The van der Waals surface area contributed by atoms with Crippen molar-refractivity contribution in [1.82, 2.24) is 9.78 Å². The second-order valence-electron chi connectivity index (χ2n) is 2.71. The van der Waals surface area contributed by atoms with Crippen LogP contribution in [0.5, 0.6) is 0 Å². The van der Waals surface area contributed by atoms with E-state index in [4.69, 9.17) is 0 Å². The number of aromatic nitrogens is 2. The molecule has 1 rings (SSSR count). The molecule has 0 atom stereocenters. The molecule has 3 nitrogen and oxygen atoms in total. The summed E-state index contributed by atoms with van der Waals surface area (Å²) >= 11 is 0. The van der Waals surface area contributed by atoms with Crippen molar-refractivity contribution in [1.29, 1.82) is 0 Å². The summed E-state index contributed by atoms with van der Waals surface area (Å²) in [7, 11) is 1.77. The SMILES string of the molecule is C=CCC(=O)c1cc(C)nn1C. The lowest BCUT2D eigenvalue weighted by atomic mass is 10.2. The van der Waals surface area contributed by atoms with Crippen LogP contribution in [0.15, 0.2) is 18.7 Å². The Hall–Kier alpha value is -1.38. The molecule has 0 aliphatic carbocycles. The van der Waals surface area contributed by atoms with Gasteiger partial charge in [0, 0.05) is 13.5 Å². The summed E-state index contributed by atoms with van der Waals surface area (Å²) in [6, 6.07) is 1.78. The van der Waals surface area contributed by atoms with Crippen LogP contribution in [0.3, 0.4) is 0 Å². The summed E-state index contributed by atoms with van der Waals surface area (Å²) in [6.07, 6.45) is 1.98. The monoisotopic (exact) mass is 164 g/mol. The molecule has 0 aliphatic heterocycles. The Morgan fingerprint density at radius 3 is 2.92 bits per heavy atom. The van der Waals surface area contributed by atoms with Gasteiger partial charge in [0.05, 0.1) is 5.69 Å². The third-order valence-electron chi connectivity index (χ3n) is 1.62. The molecule has 0 bridgehead atoms. The van der Waals surface area contributed by atoms with Crippen LogP contribution in [0.25, 0.3) is 0 Å². The zero-order valence-corrected chi connectivity index (χ0v) is 7.37. The van der Waals surface area contributed by atoms with E-state index in [0.717, 1.165) is 5.69 Å². The zero-order valence-electron chi connectivity index (χ0n) is 7.37. The van der Waals surface area contributed by atoms with Gasteiger partial charge in [-0.05, 0) is 13.0 Å². The molecule has 0 N–H and O–H groups in total. The first-order chi connectivity index (χ1) is 5.65. The molecule has 3 heteroatoms. The molecular formula is C9H12N2O. The molecule has 0 unspecified atom stereocenters. The van der Waals surface area contributed by atoms with Gasteiger partial charge in [0.1, 0.15) is 5.69 Å². The average molecular weight is 164 g/mol. The minimum absolute atomic E-state index is 0.0631. The molecule has 1 aromatic rings. The molecular weight excluding hydrogens is 152 g/mol. The topological polar surface area (TPSA) is 34.9 Å². The maximum Gasteiger partial charge on any atom is 0.184 e. The van der Waals surface area contributed by atoms with E-state index < -0.39 is 0 Å². The fourth-order valence-electron chi connectivity index (χ4n) is 1.11. The second-order valence-corrected chi connectivity index (χ2v) is 2.71. The van der Waals surface area contributed by atoms with Gasteiger partial charge >= 0.3 is 0 Å². The van der Waals surface area contributed by atoms with Gasteiger partial charge in [0.25, 0.3) is 0 Å². The van der Waals surface area contributed by atoms with Gasteiger partial charge in [-0.3, -0.25) is 9.48 Å². The molecule has 0 amide bonds. The minimum atomic E-state index is 0.0631. The summed E-state index contributed by atoms with van der Waals surface area (Å²) < 4.78 is 1.60. The number of hydrogen-bond donors (Lipinski definition) is 0. The number of rotatable bonds is 3. The smallest absolute Gasteiger partial charge is 0.184 e. The van der Waals surface area contributed by atoms with Crippen molar-refractivity contribution in [3.8, 4) is 0 Å². The summed E-state index contributed by atoms with van der Waals surface area (Å²) in [6.45, 7) is 5.38. The highest BCUT2D eigenvalue weighted by molar-refractivity contribution is 5.95. The molecule has 64 valence electrons. The van der Waals surface area contributed by atoms with Gasteiger partial charge in [-0.25, -0.2) is 0 Å². The van der Waals surface area contributed by atoms with E-state index in [9.17, 15) is 4.79 Å². The highest BCUT2D eigenvalue weighted by Gasteiger charge is 2.08. The quantitative estimate of drug-likeness (QED) is 0.501. The van der Waals surface area contributed by atoms with Crippen molar-refractivity contribution in [2.24, 2.45) is 7.05 Å². The molecule has 0 saturated heterocycles. The van der Waals surface area contributed by atoms with Gasteiger partial charge in [-0.2, -0.15) is 5.10 Å². The van der Waals surface area contributed by atoms with E-state index >= 15 is 0 Å². The molecule has 0 spiro atoms. The Bertz CT molecular complexity index is 312. The van der Waals surface area contributed by atoms with Crippen LogP contribution in [-0.4, -0.2) is 15.6 Å². The van der Waals surface area contributed by atoms with Crippen molar-refractivity contribution in [3.63, 3.8) is 0 Å². The first-order valence-electron chi connectivity index (χ1n) is 3.80. The summed E-state index contributed by atoms with van der Waals surface area (Å²) in [4.78, 5) is 11.3. The Morgan fingerprint density at radius 1 is 1.83 bits per heavy atom. The molecule has 0 aromatic carbocycles. The number of hydrogen-bond acceptors (Lipinski definition) is 2. The molecule has 1 aromatic heterocycles. The minimum Gasteiger partial charge on any atom is -0.292 e. The van der Waals surface area contributed by atoms with Gasteiger partial charge in [-0.15, -0.1) is 6.58 Å². The van der Waals surface area contributed by atoms with E-state index in [1.807, 2.05) is 6.92 Å². The predicted octanol–water partition coefficient (Wildman–Crippen LogP) is 1.49. The first-order valence-corrected chi connectivity index (χ1v) is 3.80. The van der Waals surface area contributed by atoms with Crippen LogP contribution < -0.4 is 0 Å². The molecule has 0 fully saturated rings. The van der Waals surface area contributed by atoms with Crippen molar-refractivity contribution in [2.75, 3.05) is 0 Å². The Balaban J connectivity index is 2.94. The van der Waals surface area contributed by atoms with Crippen molar-refractivity contribution >= 4 is 5.78 Å². The highest BCUT2D eigenvalue weighted by atomic mass is 16.1. The highest BCUT2D eigenvalue weighted by Crippen LogP contribution is 2.04. The van der Waals surface area contributed by atoms with E-state index in [1.54, 1.807) is 23.9 Å². The van der Waals surface area contributed by atoms with Crippen LogP contribution >= 0.6 is 0 Å². The Labute approximate surface area is 71.7 Å². The van der Waals surface area contributed by atoms with Crippen LogP contribution in [0.2, 0.25) is 0 Å². The predicted molar refractivity (Wildman–Crippen MR) is 47.1 cm³/mol. The van der Waals surface area contributed by atoms with Crippen molar-refractivity contribution < 1.29 is 4.79 Å². The number of nitrogens with zero attached hydrogens (tertiary/aromatic N) is 2. The zero-order chi connectivity index (χ0) is 9.14. The van der Waals surface area contributed by atoms with Gasteiger partial charge in [-0.1, -0.05) is 6.08 Å². The lowest BCUT2D eigenvalue weighted by Gasteiger charge is -1.96. The first kappa shape index (κ1) is 8.71. The number of aryl methyl sites for hydroxylation is 2. The maximum atomic E-state index is 11.3. The lowest BCUT2D eigenvalue weighted by Crippen LogP contribution is -2.05. The largest absolute Gasteiger partial charge is 0.292 e. The Kier molecular flexibility index (Phi) is 2.43. The van der Waals surface area contributed by atoms with Gasteiger partial charge in [0.2, 0.25) is 0 Å². The third kappa shape index (κ3) is 1.61. The number of carbonyl (C=O) groups is 1. The van der Waals surface area contributed by atoms with Crippen LogP contribution in [0, 0.1) is 6.92 Å². The molecule has 0 aliphatic rings. The normalized spacial score (nSPS) is 9.83. The number of ketones is 1. The fraction of sp³-hybridized carbons (Fsp3) is 0.333. The second kappa shape index (κ2) is 3.34. The van der Waals surface area contributed by atoms with Crippen LogP contribution in [0.4, 0.5) is 0 Å². The fourth-order valence-corrected chi connectivity index (χ4v) is 1.11. The van der Waals surface area contributed by atoms with E-state index in [-0.39, 0.29) is 5.78 Å². The summed E-state index contributed by atoms with van der Waals surface area (Å²) in [5, 5.41) is 4.08. The number of allylic oxidation sites excluding steroid dienone is 1. The van der Waals surface area contributed by atoms with Gasteiger partial charge < -0.3 is 0 Å². The molecule has 12 heavy (non-hydrogen) atoms. The van der Waals surface area contributed by atoms with Crippen LogP contribution in [-0.2, 0) is 7.05 Å². The molecule has 0 saturated carbocycles. The maximum absolute atomic E-state index is 11.3. The Morgan fingerprint density at radius 2 is 2.50 bits per heavy atom.